The number of hydrogen-bond donors (Lipinski definition) is 0. The number of likely N-dealkylation sites (tertiary alicyclic amines) is 1. The molecule has 0 radical (unpaired) electrons. The number of rotatable bonds is 4. The number of carbonyl (C=O) groups is 1. The van der Waals surface area contributed by atoms with E-state index in [2.05, 4.69) is 0 Å². The van der Waals surface area contributed by atoms with Gasteiger partial charge in [-0.15, -0.1) is 0 Å². The number of amides is 1. The summed E-state index contributed by atoms with van der Waals surface area (Å²) in [6.45, 7) is 5.66. The summed E-state index contributed by atoms with van der Waals surface area (Å²) < 4.78 is 122. The molecule has 1 aliphatic carbocycles. The summed E-state index contributed by atoms with van der Waals surface area (Å²) in [4.78, 5) is 13.0. The topological polar surface area (TPSA) is 54.5 Å². The zero-order valence-corrected chi connectivity index (χ0v) is 21.6. The SMILES string of the molecule is CC(C)(C)c1cccc(S(=O)(=O)C23CCN(C=O)C2CCc2cc(C(F)(C(F)(F)F)C(F)(F)F)ccc23)c1. The van der Waals surface area contributed by atoms with Gasteiger partial charge < -0.3 is 4.90 Å². The van der Waals surface area contributed by atoms with Gasteiger partial charge in [-0.3, -0.25) is 4.79 Å². The largest absolute Gasteiger partial charge is 0.435 e. The van der Waals surface area contributed by atoms with Gasteiger partial charge in [-0.25, -0.2) is 12.8 Å². The molecule has 1 fully saturated rings. The number of sulfone groups is 1. The van der Waals surface area contributed by atoms with Crippen molar-refractivity contribution in [1.82, 2.24) is 4.90 Å². The molecule has 1 aliphatic heterocycles. The molecule has 2 atom stereocenters. The Balaban J connectivity index is 1.97. The van der Waals surface area contributed by atoms with E-state index in [1.54, 1.807) is 12.1 Å². The second kappa shape index (κ2) is 8.69. The van der Waals surface area contributed by atoms with Crippen LogP contribution in [0.1, 0.15) is 55.9 Å². The van der Waals surface area contributed by atoms with Gasteiger partial charge in [0.2, 0.25) is 6.41 Å². The van der Waals surface area contributed by atoms with Gasteiger partial charge in [-0.05, 0) is 53.5 Å². The number of alkyl halides is 7. The van der Waals surface area contributed by atoms with Crippen LogP contribution in [0.25, 0.3) is 0 Å². The van der Waals surface area contributed by atoms with E-state index in [-0.39, 0.29) is 41.8 Å². The first-order chi connectivity index (χ1) is 17.3. The normalized spacial score (nSPS) is 22.7. The molecule has 208 valence electrons. The van der Waals surface area contributed by atoms with E-state index in [1.165, 1.54) is 17.0 Å². The fourth-order valence-corrected chi connectivity index (χ4v) is 8.15. The van der Waals surface area contributed by atoms with Gasteiger partial charge in [0.1, 0.15) is 4.75 Å². The van der Waals surface area contributed by atoms with Crippen molar-refractivity contribution in [2.75, 3.05) is 6.54 Å². The molecule has 2 unspecified atom stereocenters. The Morgan fingerprint density at radius 1 is 0.921 bits per heavy atom. The number of aryl methyl sites for hydroxylation is 1. The summed E-state index contributed by atoms with van der Waals surface area (Å²) in [7, 11) is -4.34. The van der Waals surface area contributed by atoms with Crippen molar-refractivity contribution >= 4 is 16.2 Å². The van der Waals surface area contributed by atoms with E-state index in [0.29, 0.717) is 24.1 Å². The minimum atomic E-state index is -6.30. The molecule has 0 aromatic heterocycles. The Morgan fingerprint density at radius 2 is 1.55 bits per heavy atom. The molecule has 0 saturated carbocycles. The molecule has 0 N–H and O–H groups in total. The summed E-state index contributed by atoms with van der Waals surface area (Å²) in [5, 5.41) is 0. The Kier molecular flexibility index (Phi) is 6.49. The summed E-state index contributed by atoms with van der Waals surface area (Å²) in [5.74, 6) is 0. The quantitative estimate of drug-likeness (QED) is 0.332. The summed E-state index contributed by atoms with van der Waals surface area (Å²) in [6, 6.07) is 6.95. The highest BCUT2D eigenvalue weighted by atomic mass is 32.2. The molecule has 0 spiro atoms. The van der Waals surface area contributed by atoms with Gasteiger partial charge in [0, 0.05) is 12.1 Å². The number of hydrogen-bond acceptors (Lipinski definition) is 3. The molecule has 38 heavy (non-hydrogen) atoms. The maximum atomic E-state index is 14.8. The molecule has 1 saturated heterocycles. The third-order valence-electron chi connectivity index (χ3n) is 7.73. The van der Waals surface area contributed by atoms with Crippen molar-refractivity contribution in [2.24, 2.45) is 0 Å². The third kappa shape index (κ3) is 3.93. The van der Waals surface area contributed by atoms with Crippen LogP contribution in [0.3, 0.4) is 0 Å². The second-order valence-corrected chi connectivity index (χ2v) is 13.1. The lowest BCUT2D eigenvalue weighted by Crippen LogP contribution is -2.52. The number of carbonyl (C=O) groups excluding carboxylic acids is 1. The number of benzene rings is 2. The van der Waals surface area contributed by atoms with E-state index in [9.17, 15) is 43.9 Å². The average molecular weight is 566 g/mol. The Bertz CT molecular complexity index is 1350. The minimum Gasteiger partial charge on any atom is -0.340 e. The minimum absolute atomic E-state index is 0.0188. The highest BCUT2D eigenvalue weighted by Crippen LogP contribution is 2.56. The van der Waals surface area contributed by atoms with E-state index in [4.69, 9.17) is 0 Å². The fourth-order valence-electron chi connectivity index (χ4n) is 5.73. The molecule has 2 aromatic rings. The average Bonchev–Trinajstić information content (AvgIpc) is 3.22. The molecule has 2 aliphatic rings. The van der Waals surface area contributed by atoms with Gasteiger partial charge in [0.15, 0.2) is 9.84 Å². The van der Waals surface area contributed by atoms with Crippen LogP contribution in [0.2, 0.25) is 0 Å². The van der Waals surface area contributed by atoms with E-state index in [0.717, 1.165) is 6.07 Å². The third-order valence-corrected chi connectivity index (χ3v) is 10.3. The van der Waals surface area contributed by atoms with Crippen molar-refractivity contribution in [1.29, 1.82) is 0 Å². The van der Waals surface area contributed by atoms with Gasteiger partial charge in [0.25, 0.3) is 0 Å². The lowest BCUT2D eigenvalue weighted by molar-refractivity contribution is -0.348. The molecule has 4 rings (SSSR count). The summed E-state index contributed by atoms with van der Waals surface area (Å²) >= 11 is 0. The lowest BCUT2D eigenvalue weighted by atomic mass is 9.77. The van der Waals surface area contributed by atoms with Crippen LogP contribution in [0.5, 0.6) is 0 Å². The molecule has 2 aromatic carbocycles. The molecule has 12 heteroatoms. The van der Waals surface area contributed by atoms with Crippen molar-refractivity contribution in [3.63, 3.8) is 0 Å². The molecule has 1 amide bonds. The van der Waals surface area contributed by atoms with E-state index < -0.39 is 49.6 Å². The lowest BCUT2D eigenvalue weighted by Gasteiger charge is -2.42. The van der Waals surface area contributed by atoms with Crippen LogP contribution in [0, 0.1) is 0 Å². The van der Waals surface area contributed by atoms with Gasteiger partial charge in [-0.2, -0.15) is 26.3 Å². The van der Waals surface area contributed by atoms with Gasteiger partial charge >= 0.3 is 18.0 Å². The Morgan fingerprint density at radius 3 is 2.11 bits per heavy atom. The Labute approximate surface area is 215 Å². The molecule has 1 heterocycles. The maximum Gasteiger partial charge on any atom is 0.435 e. The van der Waals surface area contributed by atoms with E-state index in [1.807, 2.05) is 20.8 Å². The first-order valence-electron chi connectivity index (χ1n) is 11.8. The zero-order valence-electron chi connectivity index (χ0n) is 20.8. The fraction of sp³-hybridized carbons (Fsp3) is 0.500. The predicted octanol–water partition coefficient (Wildman–Crippen LogP) is 6.12. The predicted molar refractivity (Wildman–Crippen MR) is 125 cm³/mol. The van der Waals surface area contributed by atoms with Crippen molar-refractivity contribution in [3.8, 4) is 0 Å². The molecular weight excluding hydrogens is 539 g/mol. The monoisotopic (exact) mass is 565 g/mol. The van der Waals surface area contributed by atoms with Crippen LogP contribution in [0.15, 0.2) is 47.4 Å². The summed E-state index contributed by atoms with van der Waals surface area (Å²) in [5.41, 5.74) is -7.18. The first-order valence-corrected chi connectivity index (χ1v) is 13.3. The second-order valence-electron chi connectivity index (χ2n) is 10.8. The number of nitrogens with zero attached hydrogens (tertiary/aromatic N) is 1. The molecular formula is C26H26F7NO3S. The molecule has 0 bridgehead atoms. The number of fused-ring (bicyclic) bond motifs is 3. The van der Waals surface area contributed by atoms with Crippen LogP contribution in [0.4, 0.5) is 30.7 Å². The summed E-state index contributed by atoms with van der Waals surface area (Å²) in [6.07, 6.45) is -12.4. The first kappa shape index (κ1) is 28.4. The van der Waals surface area contributed by atoms with Crippen molar-refractivity contribution in [2.45, 2.75) is 79.2 Å². The zero-order chi connectivity index (χ0) is 28.5. The van der Waals surface area contributed by atoms with Crippen LogP contribution >= 0.6 is 0 Å². The van der Waals surface area contributed by atoms with Crippen LogP contribution in [-0.4, -0.2) is 44.7 Å². The van der Waals surface area contributed by atoms with E-state index >= 15 is 0 Å². The highest BCUT2D eigenvalue weighted by Gasteiger charge is 2.73. The van der Waals surface area contributed by atoms with Crippen molar-refractivity contribution < 1.29 is 43.9 Å². The highest BCUT2D eigenvalue weighted by molar-refractivity contribution is 7.92. The van der Waals surface area contributed by atoms with Gasteiger partial charge in [-0.1, -0.05) is 51.1 Å². The van der Waals surface area contributed by atoms with Crippen molar-refractivity contribution in [3.05, 3.63) is 64.7 Å². The standard InChI is InChI=1S/C26H26F7NO3S/c1-22(2,3)17-5-4-6-19(14-17)38(36,37)23-11-12-34(15-35)21(23)10-7-16-13-18(8-9-20(16)23)24(27,25(28,29)30)26(31,32)33/h4-6,8-9,13-15,21H,7,10-12H2,1-3H3. The van der Waals surface area contributed by atoms with Crippen LogP contribution in [-0.2, 0) is 36.9 Å². The maximum absolute atomic E-state index is 14.8. The smallest absolute Gasteiger partial charge is 0.340 e. The molecule has 4 nitrogen and oxygen atoms in total. The van der Waals surface area contributed by atoms with Crippen LogP contribution < -0.4 is 0 Å². The van der Waals surface area contributed by atoms with Gasteiger partial charge in [0.05, 0.1) is 10.9 Å². The Hall–Kier alpha value is -2.63. The number of halogens is 7.